The molecule has 0 spiro atoms. The predicted molar refractivity (Wildman–Crippen MR) is 77.4 cm³/mol. The highest BCUT2D eigenvalue weighted by Gasteiger charge is 2.29. The maximum atomic E-state index is 11.9. The Morgan fingerprint density at radius 3 is 2.14 bits per heavy atom. The molecule has 1 unspecified atom stereocenters. The Bertz CT molecular complexity index is 673. The first-order chi connectivity index (χ1) is 10.1. The third-order valence-electron chi connectivity index (χ3n) is 2.80. The van der Waals surface area contributed by atoms with Crippen molar-refractivity contribution >= 4 is 10.1 Å². The summed E-state index contributed by atoms with van der Waals surface area (Å²) in [6, 6.07) is 11.2. The number of rotatable bonds is 7. The van der Waals surface area contributed by atoms with Crippen LogP contribution in [0.5, 0.6) is 0 Å². The number of hydrogen-bond donors (Lipinski definition) is 0. The molecule has 0 aromatic carbocycles. The summed E-state index contributed by atoms with van der Waals surface area (Å²) in [5, 5.41) is 0. The van der Waals surface area contributed by atoms with Gasteiger partial charge in [0.2, 0.25) is 6.54 Å². The van der Waals surface area contributed by atoms with Crippen LogP contribution in [0.2, 0.25) is 0 Å². The summed E-state index contributed by atoms with van der Waals surface area (Å²) < 4.78 is 32.7. The molecule has 2 aromatic heterocycles. The van der Waals surface area contributed by atoms with Crippen molar-refractivity contribution < 1.29 is 21.7 Å². The van der Waals surface area contributed by atoms with Crippen molar-refractivity contribution in [3.63, 3.8) is 0 Å². The molecule has 0 amide bonds. The molecule has 0 bridgehead atoms. The van der Waals surface area contributed by atoms with Crippen molar-refractivity contribution in [2.75, 3.05) is 5.75 Å². The lowest BCUT2D eigenvalue weighted by atomic mass is 10.4. The first-order valence-electron chi connectivity index (χ1n) is 6.52. The Morgan fingerprint density at radius 2 is 1.57 bits per heavy atom. The first kappa shape index (κ1) is 15.3. The van der Waals surface area contributed by atoms with E-state index in [1.165, 1.54) is 6.08 Å². The van der Waals surface area contributed by atoms with Crippen LogP contribution in [-0.2, 0) is 20.8 Å². The van der Waals surface area contributed by atoms with Gasteiger partial charge in [0.25, 0.3) is 10.1 Å². The molecule has 0 aliphatic rings. The van der Waals surface area contributed by atoms with Crippen LogP contribution >= 0.6 is 0 Å². The van der Waals surface area contributed by atoms with E-state index in [0.717, 1.165) is 0 Å². The molecule has 0 saturated heterocycles. The van der Waals surface area contributed by atoms with E-state index >= 15 is 0 Å². The molecule has 21 heavy (non-hydrogen) atoms. The summed E-state index contributed by atoms with van der Waals surface area (Å²) in [5.74, 6) is -0.212. The molecule has 5 nitrogen and oxygen atoms in total. The molecular weight excluding hydrogens is 288 g/mol. The highest BCUT2D eigenvalue weighted by Crippen LogP contribution is 2.06. The second kappa shape index (κ2) is 7.10. The minimum atomic E-state index is -3.65. The summed E-state index contributed by atoms with van der Waals surface area (Å²) in [6.07, 6.45) is 7.94. The zero-order valence-corrected chi connectivity index (χ0v) is 12.4. The monoisotopic (exact) mass is 306 g/mol. The number of pyridine rings is 2. The van der Waals surface area contributed by atoms with Gasteiger partial charge in [-0.25, -0.2) is 0 Å². The normalized spacial score (nSPS) is 12.8. The average molecular weight is 306 g/mol. The maximum absolute atomic E-state index is 11.9. The van der Waals surface area contributed by atoms with E-state index in [0.29, 0.717) is 6.54 Å². The van der Waals surface area contributed by atoms with Gasteiger partial charge in [-0.3, -0.25) is 0 Å². The first-order valence-corrected chi connectivity index (χ1v) is 8.10. The van der Waals surface area contributed by atoms with Crippen molar-refractivity contribution in [1.29, 1.82) is 0 Å². The predicted octanol–water partition coefficient (Wildman–Crippen LogP) is 0.993. The Morgan fingerprint density at radius 1 is 1.00 bits per heavy atom. The van der Waals surface area contributed by atoms with Crippen molar-refractivity contribution in [1.82, 2.24) is 0 Å². The van der Waals surface area contributed by atoms with E-state index in [1.54, 1.807) is 17.0 Å². The van der Waals surface area contributed by atoms with Crippen molar-refractivity contribution in [2.45, 2.75) is 12.8 Å². The van der Waals surface area contributed by atoms with Crippen LogP contribution in [0.3, 0.4) is 0 Å². The molecule has 0 N–H and O–H groups in total. The number of aromatic nitrogens is 2. The molecule has 0 aliphatic carbocycles. The summed E-state index contributed by atoms with van der Waals surface area (Å²) in [4.78, 5) is 0. The van der Waals surface area contributed by atoms with Gasteiger partial charge in [-0.15, -0.1) is 6.58 Å². The molecular formula is C15H18N2O3S+2. The fourth-order valence-electron chi connectivity index (χ4n) is 1.87. The lowest BCUT2D eigenvalue weighted by molar-refractivity contribution is -0.821. The molecule has 1 atom stereocenters. The molecule has 0 radical (unpaired) electrons. The Labute approximate surface area is 124 Å². The van der Waals surface area contributed by atoms with E-state index in [9.17, 15) is 8.42 Å². The van der Waals surface area contributed by atoms with E-state index in [2.05, 4.69) is 6.58 Å². The molecule has 2 rings (SSSR count). The molecule has 2 heterocycles. The van der Waals surface area contributed by atoms with Crippen LogP contribution < -0.4 is 9.13 Å². The standard InChI is InChI=1S/C15H18N2O3S/c1-2-13-21(18,19)20-15(17-11-7-4-8-12-17)14-16-9-5-3-6-10-16/h2-12,15H,1,13-14H2/q+2. The van der Waals surface area contributed by atoms with Gasteiger partial charge < -0.3 is 0 Å². The van der Waals surface area contributed by atoms with Gasteiger partial charge in [0, 0.05) is 24.3 Å². The van der Waals surface area contributed by atoms with Crippen LogP contribution in [0.25, 0.3) is 0 Å². The van der Waals surface area contributed by atoms with Crippen molar-refractivity contribution in [3.05, 3.63) is 73.8 Å². The largest absolute Gasteiger partial charge is 0.337 e. The zero-order valence-electron chi connectivity index (χ0n) is 11.6. The van der Waals surface area contributed by atoms with Crippen LogP contribution in [-0.4, -0.2) is 14.2 Å². The van der Waals surface area contributed by atoms with E-state index < -0.39 is 16.3 Å². The van der Waals surface area contributed by atoms with Crippen molar-refractivity contribution in [3.8, 4) is 0 Å². The van der Waals surface area contributed by atoms with Gasteiger partial charge in [-0.2, -0.15) is 21.7 Å². The minimum absolute atomic E-state index is 0.212. The van der Waals surface area contributed by atoms with Crippen LogP contribution in [0.1, 0.15) is 6.23 Å². The van der Waals surface area contributed by atoms with Crippen LogP contribution in [0, 0.1) is 0 Å². The van der Waals surface area contributed by atoms with Gasteiger partial charge >= 0.3 is 6.23 Å². The Hall–Kier alpha value is -2.05. The summed E-state index contributed by atoms with van der Waals surface area (Å²) >= 11 is 0. The fourth-order valence-corrected chi connectivity index (χ4v) is 2.73. The highest BCUT2D eigenvalue weighted by atomic mass is 32.2. The number of nitrogens with zero attached hydrogens (tertiary/aromatic N) is 2. The van der Waals surface area contributed by atoms with Gasteiger partial charge in [0.05, 0.1) is 5.75 Å². The topological polar surface area (TPSA) is 51.1 Å². The maximum Gasteiger partial charge on any atom is 0.337 e. The average Bonchev–Trinajstić information content (AvgIpc) is 2.48. The Balaban J connectivity index is 2.25. The second-order valence-electron chi connectivity index (χ2n) is 4.46. The van der Waals surface area contributed by atoms with Crippen LogP contribution in [0.15, 0.2) is 73.8 Å². The molecule has 2 aromatic rings. The van der Waals surface area contributed by atoms with Gasteiger partial charge in [-0.1, -0.05) is 18.2 Å². The number of hydrogen-bond acceptors (Lipinski definition) is 3. The lowest BCUT2D eigenvalue weighted by Crippen LogP contribution is -2.50. The molecule has 0 saturated carbocycles. The smallest absolute Gasteiger partial charge is 0.199 e. The SMILES string of the molecule is C=CCS(=O)(=O)OC(C[n+]1ccccc1)[n+]1ccccc1. The lowest BCUT2D eigenvalue weighted by Gasteiger charge is -2.10. The highest BCUT2D eigenvalue weighted by molar-refractivity contribution is 7.86. The third kappa shape index (κ3) is 4.77. The Kier molecular flexibility index (Phi) is 5.19. The summed E-state index contributed by atoms with van der Waals surface area (Å²) in [6.45, 7) is 3.82. The minimum Gasteiger partial charge on any atom is -0.199 e. The third-order valence-corrected chi connectivity index (χ3v) is 3.95. The molecule has 6 heteroatoms. The van der Waals surface area contributed by atoms with Gasteiger partial charge in [0.1, 0.15) is 0 Å². The van der Waals surface area contributed by atoms with E-state index in [4.69, 9.17) is 4.18 Å². The summed E-state index contributed by atoms with van der Waals surface area (Å²) in [7, 11) is -3.65. The molecule has 110 valence electrons. The second-order valence-corrected chi connectivity index (χ2v) is 6.10. The van der Waals surface area contributed by atoms with E-state index in [1.807, 2.05) is 53.4 Å². The van der Waals surface area contributed by atoms with Crippen LogP contribution in [0.4, 0.5) is 0 Å². The quantitative estimate of drug-likeness (QED) is 0.435. The zero-order chi connectivity index (χ0) is 15.1. The van der Waals surface area contributed by atoms with Gasteiger partial charge in [0.15, 0.2) is 24.8 Å². The van der Waals surface area contributed by atoms with Crippen molar-refractivity contribution in [2.24, 2.45) is 0 Å². The molecule has 0 fully saturated rings. The van der Waals surface area contributed by atoms with Gasteiger partial charge in [-0.05, 0) is 0 Å². The fraction of sp³-hybridized carbons (Fsp3) is 0.200. The molecule has 0 aliphatic heterocycles. The van der Waals surface area contributed by atoms with E-state index in [-0.39, 0.29) is 5.75 Å². The summed E-state index contributed by atoms with van der Waals surface area (Å²) in [5.41, 5.74) is 0.